The Hall–Kier alpha value is -2.89. The number of anilines is 1. The van der Waals surface area contributed by atoms with E-state index in [-0.39, 0.29) is 5.75 Å². The summed E-state index contributed by atoms with van der Waals surface area (Å²) in [6, 6.07) is 11.6. The van der Waals surface area contributed by atoms with Crippen LogP contribution in [0.2, 0.25) is 0 Å². The first-order valence-electron chi connectivity index (χ1n) is 6.21. The largest absolute Gasteiger partial charge is 0.494 e. The molecule has 3 rings (SSSR count). The van der Waals surface area contributed by atoms with E-state index < -0.39 is 5.82 Å². The van der Waals surface area contributed by atoms with Gasteiger partial charge in [-0.05, 0) is 36.4 Å². The van der Waals surface area contributed by atoms with Crippen LogP contribution < -0.4 is 10.5 Å². The summed E-state index contributed by atoms with van der Waals surface area (Å²) in [6.07, 6.45) is 0. The average Bonchev–Trinajstić information content (AvgIpc) is 2.97. The molecule has 0 amide bonds. The number of hydrogen-bond donors (Lipinski definition) is 1. The van der Waals surface area contributed by atoms with E-state index in [1.54, 1.807) is 24.3 Å². The lowest BCUT2D eigenvalue weighted by Crippen LogP contribution is -1.89. The Labute approximate surface area is 120 Å². The minimum Gasteiger partial charge on any atom is -0.494 e. The van der Waals surface area contributed by atoms with Crippen LogP contribution in [0.15, 0.2) is 47.0 Å². The van der Waals surface area contributed by atoms with Gasteiger partial charge >= 0.3 is 0 Å². The van der Waals surface area contributed by atoms with Crippen LogP contribution in [0.1, 0.15) is 0 Å². The summed E-state index contributed by atoms with van der Waals surface area (Å²) in [4.78, 5) is 4.25. The van der Waals surface area contributed by atoms with Gasteiger partial charge in [0.2, 0.25) is 5.82 Å². The molecule has 5 nitrogen and oxygen atoms in total. The van der Waals surface area contributed by atoms with E-state index in [4.69, 9.17) is 15.0 Å². The lowest BCUT2D eigenvalue weighted by molar-refractivity contribution is 0.386. The summed E-state index contributed by atoms with van der Waals surface area (Å²) in [6.45, 7) is 0. The number of ether oxygens (including phenoxy) is 1. The molecule has 21 heavy (non-hydrogen) atoms. The quantitative estimate of drug-likeness (QED) is 0.748. The van der Waals surface area contributed by atoms with Gasteiger partial charge in [0, 0.05) is 16.8 Å². The molecule has 0 aliphatic carbocycles. The van der Waals surface area contributed by atoms with E-state index in [2.05, 4.69) is 10.1 Å². The lowest BCUT2D eigenvalue weighted by Gasteiger charge is -2.01. The Bertz CT molecular complexity index is 786. The second-order valence-electron chi connectivity index (χ2n) is 4.40. The van der Waals surface area contributed by atoms with Crippen molar-refractivity contribution in [3.63, 3.8) is 0 Å². The van der Waals surface area contributed by atoms with Crippen molar-refractivity contribution in [2.24, 2.45) is 0 Å². The fourth-order valence-corrected chi connectivity index (χ4v) is 1.94. The van der Waals surface area contributed by atoms with Crippen LogP contribution >= 0.6 is 0 Å². The van der Waals surface area contributed by atoms with Gasteiger partial charge in [0.1, 0.15) is 0 Å². The predicted molar refractivity (Wildman–Crippen MR) is 76.1 cm³/mol. The van der Waals surface area contributed by atoms with Crippen molar-refractivity contribution in [1.29, 1.82) is 0 Å². The lowest BCUT2D eigenvalue weighted by atomic mass is 10.2. The minimum atomic E-state index is -0.481. The van der Waals surface area contributed by atoms with Gasteiger partial charge in [0.05, 0.1) is 7.11 Å². The van der Waals surface area contributed by atoms with E-state index in [0.29, 0.717) is 28.5 Å². The monoisotopic (exact) mass is 285 g/mol. The Morgan fingerprint density at radius 2 is 2.00 bits per heavy atom. The van der Waals surface area contributed by atoms with Crippen molar-refractivity contribution < 1.29 is 13.7 Å². The Morgan fingerprint density at radius 3 is 2.71 bits per heavy atom. The molecule has 0 spiro atoms. The number of nitrogens with zero attached hydrogens (tertiary/aromatic N) is 2. The molecule has 1 aromatic heterocycles. The summed E-state index contributed by atoms with van der Waals surface area (Å²) in [7, 11) is 1.41. The molecule has 0 atom stereocenters. The maximum absolute atomic E-state index is 13.7. The average molecular weight is 285 g/mol. The zero-order valence-corrected chi connectivity index (χ0v) is 11.2. The van der Waals surface area contributed by atoms with Crippen LogP contribution in [0.4, 0.5) is 10.1 Å². The molecule has 0 aliphatic rings. The van der Waals surface area contributed by atoms with Crippen molar-refractivity contribution in [3.8, 4) is 28.6 Å². The fourth-order valence-electron chi connectivity index (χ4n) is 1.94. The number of benzene rings is 2. The Kier molecular flexibility index (Phi) is 3.27. The standard InChI is InChI=1S/C15H12FN3O2/c1-20-13-6-5-9(8-12(13)16)14-18-15(21-19-14)10-3-2-4-11(17)7-10/h2-8H,17H2,1H3. The van der Waals surface area contributed by atoms with Crippen LogP contribution in [-0.2, 0) is 0 Å². The van der Waals surface area contributed by atoms with Crippen LogP contribution in [0.25, 0.3) is 22.8 Å². The van der Waals surface area contributed by atoms with Crippen molar-refractivity contribution in [2.45, 2.75) is 0 Å². The molecule has 0 saturated heterocycles. The summed E-state index contributed by atoms with van der Waals surface area (Å²) in [5, 5.41) is 3.85. The predicted octanol–water partition coefficient (Wildman–Crippen LogP) is 3.13. The Balaban J connectivity index is 1.96. The Morgan fingerprint density at radius 1 is 1.14 bits per heavy atom. The zero-order chi connectivity index (χ0) is 14.8. The van der Waals surface area contributed by atoms with Crippen LogP contribution in [0.3, 0.4) is 0 Å². The summed E-state index contributed by atoms with van der Waals surface area (Å²) in [5.74, 6) is 0.311. The minimum absolute atomic E-state index is 0.165. The third-order valence-corrected chi connectivity index (χ3v) is 2.97. The van der Waals surface area contributed by atoms with Gasteiger partial charge in [-0.1, -0.05) is 11.2 Å². The number of aromatic nitrogens is 2. The molecule has 106 valence electrons. The molecule has 1 heterocycles. The topological polar surface area (TPSA) is 74.2 Å². The van der Waals surface area contributed by atoms with Crippen molar-refractivity contribution >= 4 is 5.69 Å². The van der Waals surface area contributed by atoms with Crippen molar-refractivity contribution in [2.75, 3.05) is 12.8 Å². The van der Waals surface area contributed by atoms with Crippen LogP contribution in [-0.4, -0.2) is 17.3 Å². The summed E-state index contributed by atoms with van der Waals surface area (Å²) in [5.41, 5.74) is 7.53. The fraction of sp³-hybridized carbons (Fsp3) is 0.0667. The molecule has 0 saturated carbocycles. The zero-order valence-electron chi connectivity index (χ0n) is 11.2. The van der Waals surface area contributed by atoms with Gasteiger partial charge in [-0.2, -0.15) is 4.98 Å². The number of methoxy groups -OCH3 is 1. The first-order chi connectivity index (χ1) is 10.2. The number of rotatable bonds is 3. The van der Waals surface area contributed by atoms with Gasteiger partial charge in [-0.25, -0.2) is 4.39 Å². The van der Waals surface area contributed by atoms with E-state index in [1.165, 1.54) is 19.2 Å². The van der Waals surface area contributed by atoms with Gasteiger partial charge in [0.15, 0.2) is 11.6 Å². The van der Waals surface area contributed by atoms with Crippen molar-refractivity contribution in [3.05, 3.63) is 48.3 Å². The maximum Gasteiger partial charge on any atom is 0.258 e. The molecular formula is C15H12FN3O2. The number of halogens is 1. The van der Waals surface area contributed by atoms with E-state index in [9.17, 15) is 4.39 Å². The number of hydrogen-bond acceptors (Lipinski definition) is 5. The third kappa shape index (κ3) is 2.55. The van der Waals surface area contributed by atoms with Gasteiger partial charge in [-0.15, -0.1) is 0 Å². The molecule has 3 aromatic rings. The van der Waals surface area contributed by atoms with Gasteiger partial charge < -0.3 is 15.0 Å². The van der Waals surface area contributed by atoms with E-state index in [0.717, 1.165) is 0 Å². The molecule has 0 aliphatic heterocycles. The second-order valence-corrected chi connectivity index (χ2v) is 4.40. The van der Waals surface area contributed by atoms with Crippen molar-refractivity contribution in [1.82, 2.24) is 10.1 Å². The van der Waals surface area contributed by atoms with Crippen LogP contribution in [0.5, 0.6) is 5.75 Å². The molecule has 0 fully saturated rings. The van der Waals surface area contributed by atoms with Gasteiger partial charge in [-0.3, -0.25) is 0 Å². The molecular weight excluding hydrogens is 273 g/mol. The molecule has 0 unspecified atom stereocenters. The smallest absolute Gasteiger partial charge is 0.258 e. The highest BCUT2D eigenvalue weighted by molar-refractivity contribution is 5.63. The first kappa shape index (κ1) is 13.1. The normalized spacial score (nSPS) is 10.6. The molecule has 6 heteroatoms. The summed E-state index contributed by atoms with van der Waals surface area (Å²) >= 11 is 0. The molecule has 0 bridgehead atoms. The van der Waals surface area contributed by atoms with Crippen LogP contribution in [0, 0.1) is 5.82 Å². The van der Waals surface area contributed by atoms with E-state index >= 15 is 0 Å². The third-order valence-electron chi connectivity index (χ3n) is 2.97. The SMILES string of the molecule is COc1ccc(-c2noc(-c3cccc(N)c3)n2)cc1F. The highest BCUT2D eigenvalue weighted by Crippen LogP contribution is 2.26. The maximum atomic E-state index is 13.7. The first-order valence-corrected chi connectivity index (χ1v) is 6.21. The molecule has 2 aromatic carbocycles. The molecule has 2 N–H and O–H groups in total. The molecule has 0 radical (unpaired) electrons. The van der Waals surface area contributed by atoms with Gasteiger partial charge in [0.25, 0.3) is 5.89 Å². The number of nitrogens with two attached hydrogens (primary N) is 1. The highest BCUT2D eigenvalue weighted by atomic mass is 19.1. The summed E-state index contributed by atoms with van der Waals surface area (Å²) < 4.78 is 23.7. The highest BCUT2D eigenvalue weighted by Gasteiger charge is 2.13. The number of nitrogen functional groups attached to an aromatic ring is 1. The van der Waals surface area contributed by atoms with E-state index in [1.807, 2.05) is 6.07 Å². The second kappa shape index (κ2) is 5.24.